The Kier molecular flexibility index (Phi) is 6.76. The van der Waals surface area contributed by atoms with Crippen molar-refractivity contribution in [3.63, 3.8) is 0 Å². The average Bonchev–Trinajstić information content (AvgIpc) is 2.54. The van der Waals surface area contributed by atoms with Crippen LogP contribution >= 0.6 is 0 Å². The summed E-state index contributed by atoms with van der Waals surface area (Å²) in [5, 5.41) is 21.9. The van der Waals surface area contributed by atoms with Crippen molar-refractivity contribution in [2.45, 2.75) is 50.4 Å². The third-order valence-electron chi connectivity index (χ3n) is 3.92. The Morgan fingerprint density at radius 3 is 3.05 bits per heavy atom. The highest BCUT2D eigenvalue weighted by Gasteiger charge is 2.32. The van der Waals surface area contributed by atoms with Crippen LogP contribution in [-0.4, -0.2) is 52.6 Å². The molecule has 0 unspecified atom stereocenters. The van der Waals surface area contributed by atoms with Gasteiger partial charge in [0.15, 0.2) is 0 Å². The van der Waals surface area contributed by atoms with Crippen LogP contribution in [0.4, 0.5) is 0 Å². The summed E-state index contributed by atoms with van der Waals surface area (Å²) in [7, 11) is 0. The highest BCUT2D eigenvalue weighted by atomic mass is 16.5. The Morgan fingerprint density at radius 1 is 1.45 bits per heavy atom. The maximum absolute atomic E-state index is 11.9. The lowest BCUT2D eigenvalue weighted by Crippen LogP contribution is -2.54. The van der Waals surface area contributed by atoms with Gasteiger partial charge in [0.25, 0.3) is 0 Å². The van der Waals surface area contributed by atoms with E-state index in [2.05, 4.69) is 10.3 Å². The van der Waals surface area contributed by atoms with Gasteiger partial charge in [-0.1, -0.05) is 6.07 Å². The van der Waals surface area contributed by atoms with Crippen molar-refractivity contribution in [2.24, 2.45) is 0 Å². The molecule has 0 aromatic carbocycles. The molecule has 122 valence electrons. The fraction of sp³-hybridized carbons (Fsp3) is 0.625. The van der Waals surface area contributed by atoms with Crippen LogP contribution < -0.4 is 5.32 Å². The predicted molar refractivity (Wildman–Crippen MR) is 81.2 cm³/mol. The first kappa shape index (κ1) is 16.9. The van der Waals surface area contributed by atoms with Gasteiger partial charge in [0.05, 0.1) is 12.6 Å². The van der Waals surface area contributed by atoms with Crippen molar-refractivity contribution in [1.29, 1.82) is 0 Å². The van der Waals surface area contributed by atoms with E-state index in [4.69, 9.17) is 9.84 Å². The molecule has 1 saturated heterocycles. The second-order valence-electron chi connectivity index (χ2n) is 5.61. The third-order valence-corrected chi connectivity index (χ3v) is 3.92. The molecule has 0 spiro atoms. The number of amides is 1. The first-order valence-corrected chi connectivity index (χ1v) is 7.79. The Hall–Kier alpha value is -1.50. The van der Waals surface area contributed by atoms with E-state index in [1.807, 2.05) is 18.3 Å². The molecule has 3 N–H and O–H groups in total. The largest absolute Gasteiger partial charge is 0.394 e. The smallest absolute Gasteiger partial charge is 0.220 e. The second-order valence-corrected chi connectivity index (χ2v) is 5.61. The SMILES string of the molecule is O=C(CCCCc1cccnc1)N[C@H]1CCO[C@H](CO)[C@H]1O. The van der Waals surface area contributed by atoms with Gasteiger partial charge in [-0.15, -0.1) is 0 Å². The highest BCUT2D eigenvalue weighted by molar-refractivity contribution is 5.76. The van der Waals surface area contributed by atoms with E-state index in [0.29, 0.717) is 19.4 Å². The second kappa shape index (κ2) is 8.82. The summed E-state index contributed by atoms with van der Waals surface area (Å²) in [5.41, 5.74) is 1.17. The lowest BCUT2D eigenvalue weighted by molar-refractivity contribution is -0.131. The summed E-state index contributed by atoms with van der Waals surface area (Å²) in [6, 6.07) is 3.60. The molecule has 0 aliphatic carbocycles. The fourth-order valence-corrected chi connectivity index (χ4v) is 2.63. The Labute approximate surface area is 130 Å². The summed E-state index contributed by atoms with van der Waals surface area (Å²) in [5.74, 6) is -0.0613. The number of hydrogen-bond donors (Lipinski definition) is 3. The van der Waals surface area contributed by atoms with Crippen LogP contribution in [0.15, 0.2) is 24.5 Å². The maximum atomic E-state index is 11.9. The summed E-state index contributed by atoms with van der Waals surface area (Å²) < 4.78 is 5.24. The third kappa shape index (κ3) is 5.05. The minimum absolute atomic E-state index is 0.0613. The Balaban J connectivity index is 1.65. The topological polar surface area (TPSA) is 91.7 Å². The zero-order valence-corrected chi connectivity index (χ0v) is 12.6. The summed E-state index contributed by atoms with van der Waals surface area (Å²) >= 11 is 0. The van der Waals surface area contributed by atoms with Gasteiger partial charge in [-0.3, -0.25) is 9.78 Å². The molecular weight excluding hydrogens is 284 g/mol. The van der Waals surface area contributed by atoms with Crippen molar-refractivity contribution >= 4 is 5.91 Å². The molecule has 1 aliphatic heterocycles. The number of aromatic nitrogens is 1. The van der Waals surface area contributed by atoms with Crippen LogP contribution in [0.25, 0.3) is 0 Å². The number of unbranched alkanes of at least 4 members (excludes halogenated alkanes) is 1. The van der Waals surface area contributed by atoms with Crippen LogP contribution in [0.1, 0.15) is 31.2 Å². The van der Waals surface area contributed by atoms with Crippen molar-refractivity contribution in [2.75, 3.05) is 13.2 Å². The molecule has 22 heavy (non-hydrogen) atoms. The van der Waals surface area contributed by atoms with Crippen LogP contribution in [0.5, 0.6) is 0 Å². The number of nitrogens with zero attached hydrogens (tertiary/aromatic N) is 1. The molecule has 1 fully saturated rings. The molecule has 6 nitrogen and oxygen atoms in total. The maximum Gasteiger partial charge on any atom is 0.220 e. The lowest BCUT2D eigenvalue weighted by Gasteiger charge is -2.34. The number of aryl methyl sites for hydroxylation is 1. The molecule has 6 heteroatoms. The van der Waals surface area contributed by atoms with Gasteiger partial charge in [-0.25, -0.2) is 0 Å². The number of carbonyl (C=O) groups is 1. The minimum atomic E-state index is -0.849. The molecule has 1 aromatic rings. The van der Waals surface area contributed by atoms with Gasteiger partial charge < -0.3 is 20.3 Å². The standard InChI is InChI=1S/C16H24N2O4/c19-11-14-16(21)13(7-9-22-14)18-15(20)6-2-1-4-12-5-3-8-17-10-12/h3,5,8,10,13-14,16,19,21H,1-2,4,6-7,9,11H2,(H,18,20)/t13-,14+,16-/m0/s1. The van der Waals surface area contributed by atoms with Crippen LogP contribution in [0.3, 0.4) is 0 Å². The molecule has 1 aromatic heterocycles. The highest BCUT2D eigenvalue weighted by Crippen LogP contribution is 2.15. The molecule has 1 amide bonds. The molecule has 3 atom stereocenters. The fourth-order valence-electron chi connectivity index (χ4n) is 2.63. The minimum Gasteiger partial charge on any atom is -0.394 e. The number of aliphatic hydroxyl groups excluding tert-OH is 2. The van der Waals surface area contributed by atoms with E-state index in [1.165, 1.54) is 5.56 Å². The summed E-state index contributed by atoms with van der Waals surface area (Å²) in [6.45, 7) is 0.201. The molecule has 2 rings (SSSR count). The zero-order valence-electron chi connectivity index (χ0n) is 12.6. The Bertz CT molecular complexity index is 455. The number of pyridine rings is 1. The van der Waals surface area contributed by atoms with Crippen molar-refractivity contribution in [3.05, 3.63) is 30.1 Å². The van der Waals surface area contributed by atoms with Crippen molar-refractivity contribution in [3.8, 4) is 0 Å². The number of aliphatic hydroxyl groups is 2. The normalized spacial score (nSPS) is 24.9. The summed E-state index contributed by atoms with van der Waals surface area (Å²) in [4.78, 5) is 16.0. The van der Waals surface area contributed by atoms with Gasteiger partial charge in [0, 0.05) is 25.4 Å². The van der Waals surface area contributed by atoms with Crippen LogP contribution in [0, 0.1) is 0 Å². The molecule has 0 saturated carbocycles. The predicted octanol–water partition coefficient (Wildman–Crippen LogP) is 0.421. The van der Waals surface area contributed by atoms with E-state index in [0.717, 1.165) is 19.3 Å². The van der Waals surface area contributed by atoms with Crippen molar-refractivity contribution in [1.82, 2.24) is 10.3 Å². The average molecular weight is 308 g/mol. The zero-order chi connectivity index (χ0) is 15.8. The van der Waals surface area contributed by atoms with Crippen LogP contribution in [0.2, 0.25) is 0 Å². The molecule has 1 aliphatic rings. The number of rotatable bonds is 7. The van der Waals surface area contributed by atoms with E-state index in [-0.39, 0.29) is 18.6 Å². The van der Waals surface area contributed by atoms with Crippen LogP contribution in [-0.2, 0) is 16.0 Å². The number of ether oxygens (including phenoxy) is 1. The van der Waals surface area contributed by atoms with E-state index in [1.54, 1.807) is 6.20 Å². The van der Waals surface area contributed by atoms with E-state index in [9.17, 15) is 9.90 Å². The molecule has 2 heterocycles. The first-order chi connectivity index (χ1) is 10.7. The van der Waals surface area contributed by atoms with Gasteiger partial charge >= 0.3 is 0 Å². The summed E-state index contributed by atoms with van der Waals surface area (Å²) in [6.07, 6.45) is 5.77. The number of hydrogen-bond acceptors (Lipinski definition) is 5. The van der Waals surface area contributed by atoms with Gasteiger partial charge in [0.1, 0.15) is 12.2 Å². The molecule has 0 bridgehead atoms. The monoisotopic (exact) mass is 308 g/mol. The van der Waals surface area contributed by atoms with Gasteiger partial charge in [-0.05, 0) is 37.3 Å². The quantitative estimate of drug-likeness (QED) is 0.635. The first-order valence-electron chi connectivity index (χ1n) is 7.79. The number of carbonyl (C=O) groups excluding carboxylic acids is 1. The number of nitrogens with one attached hydrogen (secondary N) is 1. The van der Waals surface area contributed by atoms with E-state index >= 15 is 0 Å². The molecule has 0 radical (unpaired) electrons. The van der Waals surface area contributed by atoms with Crippen molar-refractivity contribution < 1.29 is 19.7 Å². The Morgan fingerprint density at radius 2 is 2.32 bits per heavy atom. The lowest BCUT2D eigenvalue weighted by atomic mass is 9.99. The van der Waals surface area contributed by atoms with Gasteiger partial charge in [0.2, 0.25) is 5.91 Å². The van der Waals surface area contributed by atoms with E-state index < -0.39 is 12.2 Å². The van der Waals surface area contributed by atoms with Gasteiger partial charge in [-0.2, -0.15) is 0 Å². The molecular formula is C16H24N2O4.